The summed E-state index contributed by atoms with van der Waals surface area (Å²) in [7, 11) is 1.75. The Morgan fingerprint density at radius 2 is 2.33 bits per heavy atom. The molecule has 0 saturated heterocycles. The fourth-order valence-electron chi connectivity index (χ4n) is 2.08. The highest BCUT2D eigenvalue weighted by molar-refractivity contribution is 6.20. The van der Waals surface area contributed by atoms with Gasteiger partial charge in [0.2, 0.25) is 0 Å². The van der Waals surface area contributed by atoms with Crippen LogP contribution in [0.2, 0.25) is 0 Å². The van der Waals surface area contributed by atoms with Crippen LogP contribution in [0.1, 0.15) is 43.4 Å². The Hall–Kier alpha value is -0.680. The summed E-state index contributed by atoms with van der Waals surface area (Å²) < 4.78 is 7.17. The maximum Gasteiger partial charge on any atom is 0.169 e. The van der Waals surface area contributed by atoms with Crippen molar-refractivity contribution in [3.05, 3.63) is 5.82 Å². The third-order valence-electron chi connectivity index (χ3n) is 2.91. The first-order chi connectivity index (χ1) is 7.22. The second kappa shape index (κ2) is 4.45. The minimum Gasteiger partial charge on any atom is -0.381 e. The third kappa shape index (κ3) is 2.13. The number of nitrogens with zero attached hydrogens (tertiary/aromatic N) is 4. The van der Waals surface area contributed by atoms with Crippen LogP contribution in [0, 0.1) is 0 Å². The van der Waals surface area contributed by atoms with Gasteiger partial charge in [0.15, 0.2) is 5.82 Å². The molecule has 5 nitrogen and oxygen atoms in total. The lowest BCUT2D eigenvalue weighted by Gasteiger charge is -2.13. The zero-order chi connectivity index (χ0) is 10.8. The minimum atomic E-state index is -0.151. The van der Waals surface area contributed by atoms with Crippen molar-refractivity contribution in [2.24, 2.45) is 0 Å². The van der Waals surface area contributed by atoms with Crippen LogP contribution in [-0.4, -0.2) is 33.4 Å². The topological polar surface area (TPSA) is 52.8 Å². The first-order valence-electron chi connectivity index (χ1n) is 5.17. The molecule has 1 aromatic rings. The lowest BCUT2D eigenvalue weighted by molar-refractivity contribution is 0.105. The Bertz CT molecular complexity index is 328. The van der Waals surface area contributed by atoms with Gasteiger partial charge in [-0.1, -0.05) is 0 Å². The summed E-state index contributed by atoms with van der Waals surface area (Å²) in [6.07, 6.45) is 3.42. The number of tetrazole rings is 1. The van der Waals surface area contributed by atoms with E-state index in [2.05, 4.69) is 15.5 Å². The second-order valence-corrected chi connectivity index (χ2v) is 4.58. The van der Waals surface area contributed by atoms with E-state index in [1.54, 1.807) is 7.11 Å². The Morgan fingerprint density at radius 3 is 2.93 bits per heavy atom. The van der Waals surface area contributed by atoms with Crippen LogP contribution in [0.5, 0.6) is 0 Å². The average molecular weight is 231 g/mol. The molecule has 84 valence electrons. The molecule has 1 aliphatic rings. The van der Waals surface area contributed by atoms with E-state index >= 15 is 0 Å². The zero-order valence-corrected chi connectivity index (χ0v) is 9.68. The molecule has 0 radical (unpaired) electrons. The van der Waals surface area contributed by atoms with E-state index in [1.807, 2.05) is 11.6 Å². The summed E-state index contributed by atoms with van der Waals surface area (Å²) >= 11 is 6.00. The lowest BCUT2D eigenvalue weighted by atomic mass is 10.2. The van der Waals surface area contributed by atoms with Gasteiger partial charge in [0.05, 0.1) is 17.5 Å². The van der Waals surface area contributed by atoms with Gasteiger partial charge in [-0.25, -0.2) is 4.68 Å². The minimum absolute atomic E-state index is 0.151. The SMILES string of the molecule is COC1CCC(n2nnnc2C(C)Cl)C1. The van der Waals surface area contributed by atoms with Gasteiger partial charge in [0, 0.05) is 7.11 Å². The van der Waals surface area contributed by atoms with Crippen molar-refractivity contribution in [1.29, 1.82) is 0 Å². The van der Waals surface area contributed by atoms with Gasteiger partial charge >= 0.3 is 0 Å². The predicted octanol–water partition coefficient (Wildman–Crippen LogP) is 1.71. The maximum absolute atomic E-state index is 6.00. The van der Waals surface area contributed by atoms with Crippen molar-refractivity contribution >= 4 is 11.6 Å². The number of aromatic nitrogens is 4. The Balaban J connectivity index is 2.13. The van der Waals surface area contributed by atoms with E-state index in [0.717, 1.165) is 25.1 Å². The molecule has 1 aliphatic carbocycles. The molecule has 2 rings (SSSR count). The number of alkyl halides is 1. The Labute approximate surface area is 93.7 Å². The molecule has 1 saturated carbocycles. The van der Waals surface area contributed by atoms with E-state index in [-0.39, 0.29) is 5.38 Å². The highest BCUT2D eigenvalue weighted by Gasteiger charge is 2.29. The normalized spacial score (nSPS) is 28.2. The first kappa shape index (κ1) is 10.8. The highest BCUT2D eigenvalue weighted by atomic mass is 35.5. The summed E-state index contributed by atoms with van der Waals surface area (Å²) in [4.78, 5) is 0. The monoisotopic (exact) mass is 230 g/mol. The number of hydrogen-bond acceptors (Lipinski definition) is 4. The molecule has 0 aliphatic heterocycles. The van der Waals surface area contributed by atoms with E-state index in [0.29, 0.717) is 12.1 Å². The predicted molar refractivity (Wildman–Crippen MR) is 55.8 cm³/mol. The lowest BCUT2D eigenvalue weighted by Crippen LogP contribution is -2.13. The van der Waals surface area contributed by atoms with Crippen LogP contribution in [-0.2, 0) is 4.74 Å². The number of methoxy groups -OCH3 is 1. The fourth-order valence-corrected chi connectivity index (χ4v) is 2.22. The van der Waals surface area contributed by atoms with Crippen molar-refractivity contribution in [1.82, 2.24) is 20.2 Å². The largest absolute Gasteiger partial charge is 0.381 e. The number of halogens is 1. The van der Waals surface area contributed by atoms with Gasteiger partial charge in [-0.2, -0.15) is 0 Å². The number of rotatable bonds is 3. The molecule has 1 fully saturated rings. The molecule has 1 aromatic heterocycles. The highest BCUT2D eigenvalue weighted by Crippen LogP contribution is 2.32. The van der Waals surface area contributed by atoms with Crippen LogP contribution >= 0.6 is 11.6 Å². The first-order valence-corrected chi connectivity index (χ1v) is 5.60. The van der Waals surface area contributed by atoms with E-state index in [1.165, 1.54) is 0 Å². The number of ether oxygens (including phenoxy) is 1. The van der Waals surface area contributed by atoms with Crippen molar-refractivity contribution < 1.29 is 4.74 Å². The van der Waals surface area contributed by atoms with Crippen molar-refractivity contribution in [2.75, 3.05) is 7.11 Å². The quantitative estimate of drug-likeness (QED) is 0.742. The molecule has 1 heterocycles. The molecule has 0 N–H and O–H groups in total. The summed E-state index contributed by atoms with van der Waals surface area (Å²) in [6.45, 7) is 1.88. The van der Waals surface area contributed by atoms with Gasteiger partial charge in [-0.15, -0.1) is 16.7 Å². The van der Waals surface area contributed by atoms with Crippen molar-refractivity contribution in [3.63, 3.8) is 0 Å². The molecular weight excluding hydrogens is 216 g/mol. The van der Waals surface area contributed by atoms with Crippen molar-refractivity contribution in [2.45, 2.75) is 43.7 Å². The smallest absolute Gasteiger partial charge is 0.169 e. The van der Waals surface area contributed by atoms with Crippen LogP contribution in [0.3, 0.4) is 0 Å². The van der Waals surface area contributed by atoms with Crippen LogP contribution in [0.25, 0.3) is 0 Å². The maximum atomic E-state index is 6.00. The molecule has 6 heteroatoms. The molecule has 0 amide bonds. The molecule has 0 bridgehead atoms. The molecular formula is C9H15ClN4O. The van der Waals surface area contributed by atoms with Gasteiger partial charge in [0.25, 0.3) is 0 Å². The summed E-state index contributed by atoms with van der Waals surface area (Å²) in [6, 6.07) is 0.334. The molecule has 0 aromatic carbocycles. The standard InChI is InChI=1S/C9H15ClN4O/c1-6(10)9-11-12-13-14(9)7-3-4-8(5-7)15-2/h6-8H,3-5H2,1-2H3. The van der Waals surface area contributed by atoms with Crippen LogP contribution in [0.4, 0.5) is 0 Å². The summed E-state index contributed by atoms with van der Waals surface area (Å²) in [5.41, 5.74) is 0. The van der Waals surface area contributed by atoms with Gasteiger partial charge in [-0.3, -0.25) is 0 Å². The third-order valence-corrected chi connectivity index (χ3v) is 3.11. The van der Waals surface area contributed by atoms with Crippen LogP contribution < -0.4 is 0 Å². The van der Waals surface area contributed by atoms with E-state index in [4.69, 9.17) is 16.3 Å². The average Bonchev–Trinajstić information content (AvgIpc) is 2.85. The summed E-state index contributed by atoms with van der Waals surface area (Å²) in [5, 5.41) is 11.5. The Kier molecular flexibility index (Phi) is 3.21. The zero-order valence-electron chi connectivity index (χ0n) is 8.93. The molecule has 3 atom stereocenters. The van der Waals surface area contributed by atoms with Gasteiger partial charge in [-0.05, 0) is 36.6 Å². The van der Waals surface area contributed by atoms with Crippen molar-refractivity contribution in [3.8, 4) is 0 Å². The summed E-state index contributed by atoms with van der Waals surface area (Å²) in [5.74, 6) is 0.749. The van der Waals surface area contributed by atoms with Gasteiger partial charge < -0.3 is 4.74 Å². The van der Waals surface area contributed by atoms with Gasteiger partial charge in [0.1, 0.15) is 0 Å². The molecule has 15 heavy (non-hydrogen) atoms. The van der Waals surface area contributed by atoms with Crippen LogP contribution in [0.15, 0.2) is 0 Å². The van der Waals surface area contributed by atoms with E-state index in [9.17, 15) is 0 Å². The van der Waals surface area contributed by atoms with E-state index < -0.39 is 0 Å². The molecule has 3 unspecified atom stereocenters. The molecule has 0 spiro atoms. The number of hydrogen-bond donors (Lipinski definition) is 0. The fraction of sp³-hybridized carbons (Fsp3) is 0.889. The second-order valence-electron chi connectivity index (χ2n) is 3.92. The Morgan fingerprint density at radius 1 is 1.53 bits per heavy atom.